The van der Waals surface area contributed by atoms with Gasteiger partial charge in [0.2, 0.25) is 0 Å². The third-order valence-electron chi connectivity index (χ3n) is 10.3. The van der Waals surface area contributed by atoms with E-state index in [0.29, 0.717) is 0 Å². The van der Waals surface area contributed by atoms with Gasteiger partial charge in [-0.3, -0.25) is 0 Å². The molecule has 7 aromatic carbocycles. The van der Waals surface area contributed by atoms with E-state index in [1.54, 1.807) is 11.3 Å². The number of benzene rings is 7. The summed E-state index contributed by atoms with van der Waals surface area (Å²) in [4.78, 5) is 5.67. The van der Waals surface area contributed by atoms with Crippen LogP contribution in [0.25, 0.3) is 53.6 Å². The van der Waals surface area contributed by atoms with Gasteiger partial charge < -0.3 is 14.2 Å². The first-order valence-corrected chi connectivity index (χ1v) is 19.3. The van der Waals surface area contributed by atoms with Crippen LogP contribution in [0.2, 0.25) is 0 Å². The third kappa shape index (κ3) is 5.87. The monoisotopic (exact) mass is 712 g/mol. The van der Waals surface area contributed by atoms with Crippen LogP contribution in [0.1, 0.15) is 12.8 Å². The topological polar surface area (TPSA) is 19.6 Å². The van der Waals surface area contributed by atoms with Gasteiger partial charge >= 0.3 is 0 Å². The smallest absolute Gasteiger partial charge is 0.190 e. The van der Waals surface area contributed by atoms with Crippen LogP contribution in [0, 0.1) is 0 Å². The first-order chi connectivity index (χ1) is 26.8. The molecule has 1 aliphatic rings. The number of nitrogens with zero attached hydrogens (tertiary/aromatic N) is 2. The molecule has 0 unspecified atom stereocenters. The molecule has 9 aromatic rings. The number of furan rings is 1. The van der Waals surface area contributed by atoms with Gasteiger partial charge in [-0.15, -0.1) is 0 Å². The van der Waals surface area contributed by atoms with E-state index in [0.717, 1.165) is 51.5 Å². The highest BCUT2D eigenvalue weighted by Gasteiger charge is 2.19. The summed E-state index contributed by atoms with van der Waals surface area (Å²) >= 11 is 1.72. The van der Waals surface area contributed by atoms with Crippen molar-refractivity contribution in [3.63, 3.8) is 0 Å². The van der Waals surface area contributed by atoms with Gasteiger partial charge in [0.15, 0.2) is 4.90 Å². The predicted molar refractivity (Wildman–Crippen MR) is 230 cm³/mol. The van der Waals surface area contributed by atoms with E-state index in [-0.39, 0.29) is 0 Å². The molecular formula is C50H36N2OS. The molecule has 4 heteroatoms. The van der Waals surface area contributed by atoms with Crippen molar-refractivity contribution in [2.45, 2.75) is 12.8 Å². The molecule has 0 atom stereocenters. The normalized spacial score (nSPS) is 12.7. The van der Waals surface area contributed by atoms with Crippen LogP contribution < -0.4 is 9.80 Å². The number of thiophene rings is 1. The van der Waals surface area contributed by atoms with Crippen molar-refractivity contribution < 1.29 is 4.42 Å². The molecule has 2 aromatic heterocycles. The Hall–Kier alpha value is -6.62. The van der Waals surface area contributed by atoms with Crippen molar-refractivity contribution in [3.8, 4) is 22.3 Å². The average molecular weight is 713 g/mol. The number of fused-ring (bicyclic) bond motifs is 5. The summed E-state index contributed by atoms with van der Waals surface area (Å²) in [5, 5.41) is 3.55. The molecule has 258 valence electrons. The molecule has 2 heterocycles. The highest BCUT2D eigenvalue weighted by Crippen LogP contribution is 2.44. The van der Waals surface area contributed by atoms with Crippen LogP contribution in [0.3, 0.4) is 0 Å². The second-order valence-corrected chi connectivity index (χ2v) is 14.7. The Morgan fingerprint density at radius 3 is 1.61 bits per heavy atom. The number of anilines is 5. The lowest BCUT2D eigenvalue weighted by molar-refractivity contribution is 0.678. The van der Waals surface area contributed by atoms with Crippen LogP contribution >= 0.6 is 11.3 Å². The van der Waals surface area contributed by atoms with Crippen LogP contribution in [0.15, 0.2) is 204 Å². The van der Waals surface area contributed by atoms with Gasteiger partial charge in [0.1, 0.15) is 5.58 Å². The maximum Gasteiger partial charge on any atom is 0.190 e. The van der Waals surface area contributed by atoms with Crippen molar-refractivity contribution >= 4 is 71.1 Å². The number of hydrogen-bond acceptors (Lipinski definition) is 4. The van der Waals surface area contributed by atoms with Gasteiger partial charge in [-0.1, -0.05) is 114 Å². The highest BCUT2D eigenvalue weighted by molar-refractivity contribution is 7.25. The Morgan fingerprint density at radius 1 is 0.463 bits per heavy atom. The van der Waals surface area contributed by atoms with Gasteiger partial charge in [0, 0.05) is 55.0 Å². The minimum absolute atomic E-state index is 0.914. The first-order valence-electron chi connectivity index (χ1n) is 18.5. The van der Waals surface area contributed by atoms with Crippen molar-refractivity contribution in [3.05, 3.63) is 200 Å². The minimum Gasteiger partial charge on any atom is -0.445 e. The molecule has 0 saturated heterocycles. The fraction of sp³-hybridized carbons (Fsp3) is 0.0400. The molecule has 3 nitrogen and oxygen atoms in total. The molecule has 10 rings (SSSR count). The van der Waals surface area contributed by atoms with E-state index >= 15 is 0 Å². The molecule has 0 N–H and O–H groups in total. The van der Waals surface area contributed by atoms with Gasteiger partial charge in [-0.25, -0.2) is 0 Å². The molecule has 0 spiro atoms. The van der Waals surface area contributed by atoms with Gasteiger partial charge in [0.25, 0.3) is 0 Å². The van der Waals surface area contributed by atoms with E-state index in [1.807, 2.05) is 0 Å². The van der Waals surface area contributed by atoms with Crippen molar-refractivity contribution in [1.82, 2.24) is 0 Å². The zero-order valence-electron chi connectivity index (χ0n) is 29.6. The fourth-order valence-corrected chi connectivity index (χ4v) is 8.82. The predicted octanol–water partition coefficient (Wildman–Crippen LogP) is 15.0. The van der Waals surface area contributed by atoms with Crippen LogP contribution in [-0.2, 0) is 0 Å². The highest BCUT2D eigenvalue weighted by atomic mass is 32.1. The van der Waals surface area contributed by atoms with Crippen molar-refractivity contribution in [2.24, 2.45) is 0 Å². The lowest BCUT2D eigenvalue weighted by atomic mass is 9.99. The van der Waals surface area contributed by atoms with Crippen LogP contribution in [0.5, 0.6) is 0 Å². The van der Waals surface area contributed by atoms with E-state index in [4.69, 9.17) is 4.42 Å². The summed E-state index contributed by atoms with van der Waals surface area (Å²) in [6.07, 6.45) is 8.71. The van der Waals surface area contributed by atoms with Gasteiger partial charge in [-0.05, 0) is 126 Å². The van der Waals surface area contributed by atoms with Crippen LogP contribution in [0.4, 0.5) is 28.4 Å². The summed E-state index contributed by atoms with van der Waals surface area (Å²) in [6.45, 7) is 0. The Balaban J connectivity index is 1.05. The van der Waals surface area contributed by atoms with E-state index < -0.39 is 0 Å². The van der Waals surface area contributed by atoms with E-state index in [2.05, 4.69) is 204 Å². The Labute approximate surface area is 319 Å². The summed E-state index contributed by atoms with van der Waals surface area (Å²) in [5.41, 5.74) is 12.6. The van der Waals surface area contributed by atoms with Gasteiger partial charge in [-0.2, -0.15) is 0 Å². The molecule has 0 radical (unpaired) electrons. The molecule has 0 aliphatic heterocycles. The number of rotatable bonds is 8. The fourth-order valence-electron chi connectivity index (χ4n) is 7.76. The van der Waals surface area contributed by atoms with Crippen molar-refractivity contribution in [1.29, 1.82) is 0 Å². The van der Waals surface area contributed by atoms with Crippen LogP contribution in [-0.4, -0.2) is 0 Å². The molecular weight excluding hydrogens is 677 g/mol. The second-order valence-electron chi connectivity index (χ2n) is 13.7. The maximum atomic E-state index is 6.51. The summed E-state index contributed by atoms with van der Waals surface area (Å²) in [7, 11) is 0. The zero-order valence-corrected chi connectivity index (χ0v) is 30.4. The quantitative estimate of drug-likeness (QED) is 0.156. The van der Waals surface area contributed by atoms with Crippen molar-refractivity contribution in [2.75, 3.05) is 9.80 Å². The summed E-state index contributed by atoms with van der Waals surface area (Å²) in [6, 6.07) is 63.0. The lowest BCUT2D eigenvalue weighted by Crippen LogP contribution is -2.17. The van der Waals surface area contributed by atoms with Gasteiger partial charge in [0.05, 0.1) is 0 Å². The number of hydrogen-bond donors (Lipinski definition) is 0. The molecule has 0 saturated carbocycles. The molecule has 0 amide bonds. The van der Waals surface area contributed by atoms with E-state index in [1.165, 1.54) is 49.1 Å². The maximum absolute atomic E-state index is 6.51. The lowest BCUT2D eigenvalue weighted by Gasteiger charge is -2.29. The summed E-state index contributed by atoms with van der Waals surface area (Å²) in [5.74, 6) is 0. The Kier molecular flexibility index (Phi) is 8.16. The van der Waals surface area contributed by atoms with E-state index in [9.17, 15) is 0 Å². The standard InChI is InChI=1S/C50H36N2OS/c1-5-17-39(18-6-1)51(40-19-7-2-8-20-40)43-25-13-15-35(31-43)37-27-29-47-45(33-37)49-46-34-38(28-30-48(46)54-50(49)53-47)36-16-14-26-44(32-36)52(41-21-9-3-10-22-41)42-23-11-4-12-24-42/h1-7,9-19,21-34H,8,20H2. The molecule has 54 heavy (non-hydrogen) atoms. The number of allylic oxidation sites excluding steroid dienone is 4. The first kappa shape index (κ1) is 32.1. The second kappa shape index (κ2) is 13.7. The Bertz CT molecular complexity index is 2790. The molecule has 1 aliphatic carbocycles. The SMILES string of the molecule is C1=CCCC(N(c2ccccc2)c2cccc(-c3ccc4oc5sc6ccc(-c7cccc(N(c8ccccc8)c8ccccc8)c7)cc6c5c4c3)c2)=C1. The summed E-state index contributed by atoms with van der Waals surface area (Å²) < 4.78 is 7.73. The zero-order chi connectivity index (χ0) is 35.8. The molecule has 0 fully saturated rings. The largest absolute Gasteiger partial charge is 0.445 e. The third-order valence-corrected chi connectivity index (χ3v) is 11.4. The molecule has 0 bridgehead atoms. The minimum atomic E-state index is 0.914. The Morgan fingerprint density at radius 2 is 1.00 bits per heavy atom. The average Bonchev–Trinajstić information content (AvgIpc) is 3.78. The number of para-hydroxylation sites is 3.